The fourth-order valence-corrected chi connectivity index (χ4v) is 1.32. The van der Waals surface area contributed by atoms with Crippen molar-refractivity contribution < 1.29 is 35.9 Å². The summed E-state index contributed by atoms with van der Waals surface area (Å²) in [4.78, 5) is 24.8. The number of fused-ring (bicyclic) bond motifs is 1. The maximum absolute atomic E-state index is 11.4. The Labute approximate surface area is 116 Å². The van der Waals surface area contributed by atoms with Gasteiger partial charge in [0.25, 0.3) is 5.78 Å². The summed E-state index contributed by atoms with van der Waals surface area (Å²) < 4.78 is 0.886. The molecule has 0 aliphatic carbocycles. The topological polar surface area (TPSA) is 119 Å². The first kappa shape index (κ1) is 13.1. The van der Waals surface area contributed by atoms with Crippen molar-refractivity contribution in [3.63, 3.8) is 0 Å². The van der Waals surface area contributed by atoms with Crippen molar-refractivity contribution in [2.45, 2.75) is 5.16 Å². The van der Waals surface area contributed by atoms with Crippen LogP contribution in [-0.2, 0) is 0 Å². The molecule has 0 aromatic carbocycles. The Balaban J connectivity index is 0.00000128. The number of hydrogen-bond donors (Lipinski definition) is 1. The number of aromatic nitrogens is 5. The molecule has 0 atom stereocenters. The van der Waals surface area contributed by atoms with Crippen molar-refractivity contribution in [1.82, 2.24) is 24.8 Å². The van der Waals surface area contributed by atoms with Crippen molar-refractivity contribution >= 4 is 23.4 Å². The van der Waals surface area contributed by atoms with Gasteiger partial charge in [-0.1, -0.05) is 11.8 Å². The average Bonchev–Trinajstić information content (AvgIpc) is 2.61. The first-order valence-electron chi connectivity index (χ1n) is 3.67. The second kappa shape index (κ2) is 4.91. The van der Waals surface area contributed by atoms with Crippen LogP contribution in [0.5, 0.6) is 0 Å². The zero-order chi connectivity index (χ0) is 11.0. The predicted molar refractivity (Wildman–Crippen MR) is 51.0 cm³/mol. The Hall–Kier alpha value is -0.970. The third-order valence-corrected chi connectivity index (χ3v) is 2.17. The van der Waals surface area contributed by atoms with Gasteiger partial charge >= 0.3 is 40.9 Å². The number of H-pyrrole nitrogens is 1. The fourth-order valence-electron chi connectivity index (χ4n) is 0.961. The Morgan fingerprint density at radius 1 is 1.56 bits per heavy atom. The van der Waals surface area contributed by atoms with E-state index in [4.69, 9.17) is 0 Å². The Morgan fingerprint density at radius 2 is 2.25 bits per heavy atom. The predicted octanol–water partition coefficient (Wildman–Crippen LogP) is -3.44. The second-order valence-corrected chi connectivity index (χ2v) is 3.25. The fraction of sp³-hybridized carbons (Fsp3) is 0.200. The van der Waals surface area contributed by atoms with Crippen LogP contribution in [0.25, 0.3) is 5.78 Å². The molecule has 2 aromatic rings. The maximum atomic E-state index is 11.4. The van der Waals surface area contributed by atoms with E-state index in [9.17, 15) is 14.9 Å². The zero-order valence-corrected chi connectivity index (χ0v) is 11.2. The van der Waals surface area contributed by atoms with Gasteiger partial charge in [-0.3, -0.25) is 9.89 Å². The summed E-state index contributed by atoms with van der Waals surface area (Å²) in [5.41, 5.74) is -0.877. The van der Waals surface area contributed by atoms with Gasteiger partial charge < -0.3 is 11.5 Å². The van der Waals surface area contributed by atoms with E-state index < -0.39 is 16.3 Å². The number of nitro groups is 1. The summed E-state index contributed by atoms with van der Waals surface area (Å²) in [6, 6.07) is 0. The van der Waals surface area contributed by atoms with Gasteiger partial charge in [0.05, 0.1) is 5.10 Å². The van der Waals surface area contributed by atoms with Crippen LogP contribution < -0.4 is 35.1 Å². The number of hydrogen-bond acceptors (Lipinski definition) is 7. The van der Waals surface area contributed by atoms with Crippen LogP contribution >= 0.6 is 11.8 Å². The molecule has 0 aliphatic heterocycles. The second-order valence-electron chi connectivity index (χ2n) is 2.45. The molecule has 0 aliphatic rings. The van der Waals surface area contributed by atoms with Gasteiger partial charge in [0.2, 0.25) is 0 Å². The van der Waals surface area contributed by atoms with Crippen molar-refractivity contribution in [3.8, 4) is 0 Å². The molecule has 0 saturated heterocycles. The van der Waals surface area contributed by atoms with Gasteiger partial charge in [0.1, 0.15) is 0 Å². The molecule has 0 saturated carbocycles. The molecule has 2 rings (SSSR count). The smallest absolute Gasteiger partial charge is 1.00 e. The molecule has 0 amide bonds. The van der Waals surface area contributed by atoms with Crippen LogP contribution in [0.3, 0.4) is 0 Å². The summed E-state index contributed by atoms with van der Waals surface area (Å²) in [6.07, 6.45) is 1.74. The van der Waals surface area contributed by atoms with Crippen molar-refractivity contribution in [1.29, 1.82) is 0 Å². The van der Waals surface area contributed by atoms with Crippen LogP contribution in [0.2, 0.25) is 0 Å². The molecular weight excluding hydrogens is 247 g/mol. The number of nitrogens with zero attached hydrogens (tertiary/aromatic N) is 5. The number of aromatic amines is 1. The van der Waals surface area contributed by atoms with Crippen LogP contribution in [-0.4, -0.2) is 36.0 Å². The van der Waals surface area contributed by atoms with E-state index in [0.717, 1.165) is 4.52 Å². The van der Waals surface area contributed by atoms with Crippen LogP contribution in [0, 0.1) is 10.1 Å². The van der Waals surface area contributed by atoms with E-state index >= 15 is 0 Å². The normalized spacial score (nSPS) is 10.1. The standard InChI is InChI=1S/C5H4N6O3S.Na.H/c1-15-5-6-4-8-7-2(11(13)14)3(12)10(4)9-5;;/h1H3,(H,6,8,9);;/q;+1;-1. The van der Waals surface area contributed by atoms with Crippen LogP contribution in [0.1, 0.15) is 1.43 Å². The van der Waals surface area contributed by atoms with Crippen molar-refractivity contribution in [3.05, 3.63) is 20.5 Å². The first-order valence-corrected chi connectivity index (χ1v) is 4.90. The Bertz CT molecular complexity index is 599. The molecule has 2 heterocycles. The monoisotopic (exact) mass is 252 g/mol. The molecule has 0 radical (unpaired) electrons. The Kier molecular flexibility index (Phi) is 4.02. The van der Waals surface area contributed by atoms with E-state index in [-0.39, 0.29) is 36.8 Å². The SMILES string of the molecule is CSc1nc2nnc([N+](=O)[O-])c(=O)n2[nH]1.[H-].[Na+]. The molecule has 1 N–H and O–H groups in total. The first-order chi connectivity index (χ1) is 7.13. The zero-order valence-electron chi connectivity index (χ0n) is 9.37. The van der Waals surface area contributed by atoms with E-state index in [1.165, 1.54) is 11.8 Å². The summed E-state index contributed by atoms with van der Waals surface area (Å²) in [5, 5.41) is 20.0. The summed E-state index contributed by atoms with van der Waals surface area (Å²) in [7, 11) is 0. The molecule has 9 nitrogen and oxygen atoms in total. The Morgan fingerprint density at radius 3 is 2.81 bits per heavy atom. The summed E-state index contributed by atoms with van der Waals surface area (Å²) in [5.74, 6) is -0.821. The minimum absolute atomic E-state index is 0. The van der Waals surface area contributed by atoms with Crippen LogP contribution in [0.15, 0.2) is 9.95 Å². The molecular formula is C5H5N6NaO3S. The minimum Gasteiger partial charge on any atom is -1.00 e. The van der Waals surface area contributed by atoms with E-state index in [1.807, 2.05) is 0 Å². The molecule has 11 heteroatoms. The molecule has 16 heavy (non-hydrogen) atoms. The maximum Gasteiger partial charge on any atom is 1.00 e. The van der Waals surface area contributed by atoms with E-state index in [2.05, 4.69) is 20.3 Å². The third-order valence-electron chi connectivity index (χ3n) is 1.60. The molecule has 2 aromatic heterocycles. The van der Waals surface area contributed by atoms with Crippen molar-refractivity contribution in [2.24, 2.45) is 0 Å². The van der Waals surface area contributed by atoms with Gasteiger partial charge in [-0.05, 0) is 11.2 Å². The number of nitrogens with one attached hydrogen (secondary N) is 1. The minimum atomic E-state index is -0.888. The van der Waals surface area contributed by atoms with Crippen molar-refractivity contribution in [2.75, 3.05) is 6.26 Å². The van der Waals surface area contributed by atoms with Gasteiger partial charge in [-0.2, -0.15) is 9.50 Å². The van der Waals surface area contributed by atoms with Gasteiger partial charge in [0.15, 0.2) is 5.16 Å². The molecule has 0 spiro atoms. The molecule has 0 unspecified atom stereocenters. The van der Waals surface area contributed by atoms with Gasteiger partial charge in [0, 0.05) is 5.10 Å². The molecule has 80 valence electrons. The van der Waals surface area contributed by atoms with E-state index in [1.54, 1.807) is 6.26 Å². The summed E-state index contributed by atoms with van der Waals surface area (Å²) in [6.45, 7) is 0. The number of thioether (sulfide) groups is 1. The average molecular weight is 252 g/mol. The quantitative estimate of drug-likeness (QED) is 0.255. The van der Waals surface area contributed by atoms with Crippen LogP contribution in [0.4, 0.5) is 5.82 Å². The van der Waals surface area contributed by atoms with Gasteiger partial charge in [-0.15, -0.1) is 0 Å². The largest absolute Gasteiger partial charge is 1.00 e. The molecule has 0 fully saturated rings. The number of rotatable bonds is 2. The van der Waals surface area contributed by atoms with E-state index in [0.29, 0.717) is 5.16 Å². The third kappa shape index (κ3) is 2.09. The molecule has 0 bridgehead atoms. The summed E-state index contributed by atoms with van der Waals surface area (Å²) >= 11 is 1.25. The van der Waals surface area contributed by atoms with Gasteiger partial charge in [-0.25, -0.2) is 0 Å².